The fraction of sp³-hybridized carbons (Fsp3) is 0.200. The van der Waals surface area contributed by atoms with Crippen LogP contribution < -0.4 is 0 Å². The van der Waals surface area contributed by atoms with Gasteiger partial charge in [-0.3, -0.25) is 0 Å². The van der Waals surface area contributed by atoms with Gasteiger partial charge in [-0.1, -0.05) is 42.5 Å². The number of rotatable bonds is 5. The fourth-order valence-corrected chi connectivity index (χ4v) is 0.524. The Balaban J connectivity index is 3.65. The molecule has 0 amide bonds. The van der Waals surface area contributed by atoms with E-state index in [2.05, 4.69) is 6.58 Å². The molecule has 0 aliphatic carbocycles. The van der Waals surface area contributed by atoms with Crippen LogP contribution in [0.25, 0.3) is 0 Å². The van der Waals surface area contributed by atoms with Gasteiger partial charge in [-0.2, -0.15) is 0 Å². The highest BCUT2D eigenvalue weighted by Crippen LogP contribution is 1.87. The maximum Gasteiger partial charge on any atom is 0.0903 e. The smallest absolute Gasteiger partial charge is 0.0903 e. The lowest BCUT2D eigenvalue weighted by Gasteiger charge is -1.91. The van der Waals surface area contributed by atoms with Crippen molar-refractivity contribution in [2.75, 3.05) is 6.61 Å². The molecule has 0 saturated carbocycles. The third-order valence-corrected chi connectivity index (χ3v) is 1.12. The van der Waals surface area contributed by atoms with Crippen LogP contribution in [0.2, 0.25) is 0 Å². The monoisotopic (exact) mass is 166 g/mol. The molecule has 0 aliphatic heterocycles. The maximum absolute atomic E-state index is 8.96. The van der Waals surface area contributed by atoms with Crippen LogP contribution in [0.5, 0.6) is 0 Å². The fourth-order valence-electron chi connectivity index (χ4n) is 0.524. The number of hydrogen-bond acceptors (Lipinski definition) is 2. The van der Waals surface area contributed by atoms with E-state index in [9.17, 15) is 0 Å². The van der Waals surface area contributed by atoms with Crippen LogP contribution in [0, 0.1) is 0 Å². The van der Waals surface area contributed by atoms with Gasteiger partial charge in [0.05, 0.1) is 12.7 Å². The van der Waals surface area contributed by atoms with E-state index in [0.29, 0.717) is 0 Å². The Morgan fingerprint density at radius 3 is 2.42 bits per heavy atom. The second kappa shape index (κ2) is 7.98. The van der Waals surface area contributed by atoms with Crippen LogP contribution in [-0.2, 0) is 0 Å². The van der Waals surface area contributed by atoms with E-state index in [-0.39, 0.29) is 6.61 Å². The summed E-state index contributed by atoms with van der Waals surface area (Å²) in [5.74, 6) is 0. The topological polar surface area (TPSA) is 40.5 Å². The van der Waals surface area contributed by atoms with Gasteiger partial charge >= 0.3 is 0 Å². The Kier molecular flexibility index (Phi) is 7.24. The first-order chi connectivity index (χ1) is 5.81. The minimum Gasteiger partial charge on any atom is -0.392 e. The summed E-state index contributed by atoms with van der Waals surface area (Å²) < 4.78 is 0. The Hall–Kier alpha value is -1.12. The Morgan fingerprint density at radius 1 is 1.17 bits per heavy atom. The third-order valence-electron chi connectivity index (χ3n) is 1.12. The zero-order chi connectivity index (χ0) is 9.23. The highest BCUT2D eigenvalue weighted by molar-refractivity contribution is 5.13. The van der Waals surface area contributed by atoms with Crippen molar-refractivity contribution < 1.29 is 10.2 Å². The van der Waals surface area contributed by atoms with Crippen molar-refractivity contribution in [3.05, 3.63) is 49.1 Å². The SMILES string of the molecule is C=CC(O)C=CC=CC=CCO. The molecule has 0 spiro atoms. The van der Waals surface area contributed by atoms with Crippen LogP contribution in [-0.4, -0.2) is 22.9 Å². The lowest BCUT2D eigenvalue weighted by molar-refractivity contribution is 0.272. The molecule has 0 fully saturated rings. The van der Waals surface area contributed by atoms with Gasteiger partial charge in [0, 0.05) is 0 Å². The molecule has 0 radical (unpaired) electrons. The number of aliphatic hydroxyl groups excluding tert-OH is 2. The Labute approximate surface area is 72.9 Å². The van der Waals surface area contributed by atoms with Crippen LogP contribution in [0.3, 0.4) is 0 Å². The van der Waals surface area contributed by atoms with Gasteiger partial charge < -0.3 is 10.2 Å². The van der Waals surface area contributed by atoms with Crippen LogP contribution >= 0.6 is 0 Å². The summed E-state index contributed by atoms with van der Waals surface area (Å²) in [5.41, 5.74) is 0. The first-order valence-corrected chi connectivity index (χ1v) is 3.72. The number of hydrogen-bond donors (Lipinski definition) is 2. The predicted octanol–water partition coefficient (Wildman–Crippen LogP) is 1.19. The summed E-state index contributed by atoms with van der Waals surface area (Å²) in [6.07, 6.45) is 11.1. The largest absolute Gasteiger partial charge is 0.392 e. The molecule has 0 aromatic heterocycles. The Morgan fingerprint density at radius 2 is 1.83 bits per heavy atom. The Bertz CT molecular complexity index is 190. The van der Waals surface area contributed by atoms with E-state index >= 15 is 0 Å². The summed E-state index contributed by atoms with van der Waals surface area (Å²) in [6, 6.07) is 0. The predicted molar refractivity (Wildman–Crippen MR) is 50.7 cm³/mol. The lowest BCUT2D eigenvalue weighted by atomic mass is 10.3. The molecule has 0 rings (SSSR count). The molecule has 2 N–H and O–H groups in total. The second-order valence-electron chi connectivity index (χ2n) is 2.11. The van der Waals surface area contributed by atoms with Crippen molar-refractivity contribution in [2.45, 2.75) is 6.10 Å². The summed E-state index contributed by atoms with van der Waals surface area (Å²) in [5, 5.41) is 17.3. The molecular formula is C10H14O2. The zero-order valence-electron chi connectivity index (χ0n) is 6.93. The maximum atomic E-state index is 8.96. The minimum absolute atomic E-state index is 0.0450. The summed E-state index contributed by atoms with van der Waals surface area (Å²) in [7, 11) is 0. The first-order valence-electron chi connectivity index (χ1n) is 3.72. The molecule has 2 nitrogen and oxygen atoms in total. The average molecular weight is 166 g/mol. The number of aliphatic hydroxyl groups is 2. The van der Waals surface area contributed by atoms with Crippen molar-refractivity contribution in [1.29, 1.82) is 0 Å². The molecule has 0 saturated heterocycles. The lowest BCUT2D eigenvalue weighted by Crippen LogP contribution is -1.93. The second-order valence-corrected chi connectivity index (χ2v) is 2.11. The average Bonchev–Trinajstić information content (AvgIpc) is 2.10. The van der Waals surface area contributed by atoms with E-state index in [1.165, 1.54) is 6.08 Å². The molecule has 1 unspecified atom stereocenters. The van der Waals surface area contributed by atoms with Crippen LogP contribution in [0.4, 0.5) is 0 Å². The minimum atomic E-state index is -0.587. The van der Waals surface area contributed by atoms with Crippen molar-refractivity contribution in [1.82, 2.24) is 0 Å². The van der Waals surface area contributed by atoms with Gasteiger partial charge in [0.25, 0.3) is 0 Å². The van der Waals surface area contributed by atoms with Crippen LogP contribution in [0.1, 0.15) is 0 Å². The van der Waals surface area contributed by atoms with Gasteiger partial charge in [-0.15, -0.1) is 6.58 Å². The van der Waals surface area contributed by atoms with E-state index in [4.69, 9.17) is 10.2 Å². The molecule has 0 heterocycles. The standard InChI is InChI=1S/C10H14O2/c1-2-10(12)8-6-4-3-5-7-9-11/h2-8,10-12H,1,9H2. The first kappa shape index (κ1) is 10.9. The number of allylic oxidation sites excluding steroid dienone is 4. The van der Waals surface area contributed by atoms with Crippen molar-refractivity contribution >= 4 is 0 Å². The normalized spacial score (nSPS) is 14.8. The van der Waals surface area contributed by atoms with Crippen molar-refractivity contribution in [2.24, 2.45) is 0 Å². The van der Waals surface area contributed by atoms with E-state index in [1.807, 2.05) is 0 Å². The molecule has 66 valence electrons. The molecule has 12 heavy (non-hydrogen) atoms. The van der Waals surface area contributed by atoms with E-state index in [1.54, 1.807) is 36.5 Å². The van der Waals surface area contributed by atoms with E-state index in [0.717, 1.165) is 0 Å². The highest BCUT2D eigenvalue weighted by atomic mass is 16.3. The van der Waals surface area contributed by atoms with E-state index < -0.39 is 6.10 Å². The van der Waals surface area contributed by atoms with Gasteiger partial charge in [-0.05, 0) is 0 Å². The quantitative estimate of drug-likeness (QED) is 0.476. The van der Waals surface area contributed by atoms with Gasteiger partial charge in [-0.25, -0.2) is 0 Å². The zero-order valence-corrected chi connectivity index (χ0v) is 6.93. The molecule has 0 aromatic carbocycles. The van der Waals surface area contributed by atoms with Gasteiger partial charge in [0.2, 0.25) is 0 Å². The van der Waals surface area contributed by atoms with Crippen molar-refractivity contribution in [3.63, 3.8) is 0 Å². The van der Waals surface area contributed by atoms with Crippen molar-refractivity contribution in [3.8, 4) is 0 Å². The van der Waals surface area contributed by atoms with Crippen LogP contribution in [0.15, 0.2) is 49.1 Å². The molecule has 0 aliphatic rings. The molecule has 1 atom stereocenters. The molecular weight excluding hydrogens is 152 g/mol. The summed E-state index contributed by atoms with van der Waals surface area (Å²) in [6.45, 7) is 3.46. The molecule has 2 heteroatoms. The highest BCUT2D eigenvalue weighted by Gasteiger charge is 1.84. The molecule has 0 aromatic rings. The summed E-state index contributed by atoms with van der Waals surface area (Å²) in [4.78, 5) is 0. The summed E-state index contributed by atoms with van der Waals surface area (Å²) >= 11 is 0. The van der Waals surface area contributed by atoms with Gasteiger partial charge in [0.15, 0.2) is 0 Å². The van der Waals surface area contributed by atoms with Gasteiger partial charge in [0.1, 0.15) is 0 Å². The molecule has 0 bridgehead atoms. The third kappa shape index (κ3) is 6.99.